The van der Waals surface area contributed by atoms with Crippen molar-refractivity contribution in [1.82, 2.24) is 4.90 Å². The van der Waals surface area contributed by atoms with Gasteiger partial charge in [-0.3, -0.25) is 4.79 Å². The Balaban J connectivity index is 1.96. The first-order valence-electron chi connectivity index (χ1n) is 10.9. The van der Waals surface area contributed by atoms with Crippen LogP contribution < -0.4 is 0 Å². The molecule has 30 heavy (non-hydrogen) atoms. The number of piperidine rings is 1. The molecule has 0 radical (unpaired) electrons. The molecule has 6 heteroatoms. The summed E-state index contributed by atoms with van der Waals surface area (Å²) >= 11 is 6.04. The summed E-state index contributed by atoms with van der Waals surface area (Å²) in [5.74, 6) is -1.70. The average Bonchev–Trinajstić information content (AvgIpc) is 3.50. The zero-order valence-corrected chi connectivity index (χ0v) is 18.5. The normalized spacial score (nSPS) is 27.1. The van der Waals surface area contributed by atoms with Crippen molar-refractivity contribution in [3.63, 3.8) is 0 Å². The first kappa shape index (κ1) is 23.2. The lowest BCUT2D eigenvalue weighted by Crippen LogP contribution is -2.53. The number of carbonyl (C=O) groups excluding carboxylic acids is 1. The summed E-state index contributed by atoms with van der Waals surface area (Å²) in [5.41, 5.74) is 0.313. The van der Waals surface area contributed by atoms with E-state index < -0.39 is 23.6 Å². The van der Waals surface area contributed by atoms with Crippen LogP contribution in [0, 0.1) is 17.3 Å². The third-order valence-electron chi connectivity index (χ3n) is 6.91. The van der Waals surface area contributed by atoms with Crippen LogP contribution in [0.2, 0.25) is 5.02 Å². The number of allylic oxidation sites excluding steroid dienone is 1. The van der Waals surface area contributed by atoms with E-state index in [0.29, 0.717) is 43.5 Å². The SMILES string of the molecule is C=CCC1(C)CCC(c2ccc(Cl)cc2)N(C(CC)CC(C2CC2)C(F)(F)F)C1=O. The Morgan fingerprint density at radius 3 is 2.40 bits per heavy atom. The Morgan fingerprint density at radius 2 is 1.90 bits per heavy atom. The third kappa shape index (κ3) is 4.87. The summed E-state index contributed by atoms with van der Waals surface area (Å²) in [5, 5.41) is 0.599. The van der Waals surface area contributed by atoms with Crippen molar-refractivity contribution in [1.29, 1.82) is 0 Å². The maximum absolute atomic E-state index is 13.8. The molecule has 4 atom stereocenters. The monoisotopic (exact) mass is 441 g/mol. The van der Waals surface area contributed by atoms with Crippen LogP contribution in [0.4, 0.5) is 13.2 Å². The summed E-state index contributed by atoms with van der Waals surface area (Å²) in [7, 11) is 0. The van der Waals surface area contributed by atoms with Crippen LogP contribution in [0.15, 0.2) is 36.9 Å². The van der Waals surface area contributed by atoms with E-state index >= 15 is 0 Å². The van der Waals surface area contributed by atoms with Crippen LogP contribution in [0.5, 0.6) is 0 Å². The summed E-state index contributed by atoms with van der Waals surface area (Å²) in [6.07, 6.45) is 1.17. The van der Waals surface area contributed by atoms with E-state index in [2.05, 4.69) is 6.58 Å². The number of rotatable bonds is 8. The molecule has 0 spiro atoms. The van der Waals surface area contributed by atoms with Gasteiger partial charge in [-0.2, -0.15) is 13.2 Å². The zero-order chi connectivity index (χ0) is 22.1. The highest BCUT2D eigenvalue weighted by atomic mass is 35.5. The molecule has 2 fully saturated rings. The molecule has 1 aromatic carbocycles. The molecule has 1 saturated carbocycles. The first-order chi connectivity index (χ1) is 14.1. The maximum atomic E-state index is 13.8. The van der Waals surface area contributed by atoms with E-state index in [0.717, 1.165) is 5.56 Å². The van der Waals surface area contributed by atoms with Crippen molar-refractivity contribution in [3.8, 4) is 0 Å². The fourth-order valence-electron chi connectivity index (χ4n) is 4.96. The molecule has 1 aliphatic heterocycles. The number of alkyl halides is 3. The van der Waals surface area contributed by atoms with E-state index in [9.17, 15) is 18.0 Å². The Labute approximate surface area is 182 Å². The van der Waals surface area contributed by atoms with E-state index in [1.165, 1.54) is 0 Å². The van der Waals surface area contributed by atoms with Crippen molar-refractivity contribution in [2.75, 3.05) is 0 Å². The molecule has 1 aliphatic carbocycles. The van der Waals surface area contributed by atoms with Gasteiger partial charge in [0, 0.05) is 11.1 Å². The maximum Gasteiger partial charge on any atom is 0.392 e. The first-order valence-corrected chi connectivity index (χ1v) is 11.2. The number of nitrogens with zero attached hydrogens (tertiary/aromatic N) is 1. The molecule has 1 saturated heterocycles. The lowest BCUT2D eigenvalue weighted by atomic mass is 9.73. The number of hydrogen-bond donors (Lipinski definition) is 0. The fraction of sp³-hybridized carbons (Fsp3) is 0.625. The van der Waals surface area contributed by atoms with Crippen LogP contribution in [0.25, 0.3) is 0 Å². The van der Waals surface area contributed by atoms with Gasteiger partial charge in [-0.15, -0.1) is 6.58 Å². The van der Waals surface area contributed by atoms with Gasteiger partial charge in [0.15, 0.2) is 0 Å². The number of carbonyl (C=O) groups is 1. The predicted octanol–water partition coefficient (Wildman–Crippen LogP) is 7.34. The predicted molar refractivity (Wildman–Crippen MR) is 114 cm³/mol. The largest absolute Gasteiger partial charge is 0.392 e. The lowest BCUT2D eigenvalue weighted by molar-refractivity contribution is -0.189. The van der Waals surface area contributed by atoms with Crippen molar-refractivity contribution in [2.45, 2.75) is 77.1 Å². The molecule has 4 unspecified atom stereocenters. The number of likely N-dealkylation sites (tertiary alicyclic amines) is 1. The second-order valence-electron chi connectivity index (χ2n) is 9.16. The summed E-state index contributed by atoms with van der Waals surface area (Å²) < 4.78 is 41.3. The minimum Gasteiger partial charge on any atom is -0.332 e. The number of hydrogen-bond acceptors (Lipinski definition) is 1. The minimum atomic E-state index is -4.23. The Kier molecular flexibility index (Phi) is 6.91. The van der Waals surface area contributed by atoms with Gasteiger partial charge in [0.2, 0.25) is 5.91 Å². The van der Waals surface area contributed by atoms with Gasteiger partial charge in [-0.25, -0.2) is 0 Å². The van der Waals surface area contributed by atoms with E-state index in [1.807, 2.05) is 26.0 Å². The van der Waals surface area contributed by atoms with Gasteiger partial charge in [-0.1, -0.05) is 43.7 Å². The van der Waals surface area contributed by atoms with Crippen molar-refractivity contribution < 1.29 is 18.0 Å². The van der Waals surface area contributed by atoms with Crippen molar-refractivity contribution in [2.24, 2.45) is 17.3 Å². The molecule has 0 bridgehead atoms. The molecule has 166 valence electrons. The van der Waals surface area contributed by atoms with Gasteiger partial charge in [-0.05, 0) is 68.6 Å². The van der Waals surface area contributed by atoms with Gasteiger partial charge < -0.3 is 4.90 Å². The summed E-state index contributed by atoms with van der Waals surface area (Å²) in [6, 6.07) is 6.65. The molecule has 1 aromatic rings. The average molecular weight is 442 g/mol. The van der Waals surface area contributed by atoms with Gasteiger partial charge in [0.25, 0.3) is 0 Å². The third-order valence-corrected chi connectivity index (χ3v) is 7.16. The molecule has 3 rings (SSSR count). The van der Waals surface area contributed by atoms with Crippen LogP contribution in [0.1, 0.15) is 70.4 Å². The topological polar surface area (TPSA) is 20.3 Å². The van der Waals surface area contributed by atoms with Gasteiger partial charge in [0.1, 0.15) is 0 Å². The molecule has 0 aromatic heterocycles. The smallest absolute Gasteiger partial charge is 0.332 e. The number of halogens is 4. The Bertz CT molecular complexity index is 759. The molecule has 2 aliphatic rings. The van der Waals surface area contributed by atoms with Gasteiger partial charge in [0.05, 0.1) is 17.4 Å². The summed E-state index contributed by atoms with van der Waals surface area (Å²) in [6.45, 7) is 7.59. The van der Waals surface area contributed by atoms with Crippen LogP contribution >= 0.6 is 11.6 Å². The fourth-order valence-corrected chi connectivity index (χ4v) is 5.08. The van der Waals surface area contributed by atoms with Crippen LogP contribution in [0.3, 0.4) is 0 Å². The molecule has 1 amide bonds. The molecular weight excluding hydrogens is 411 g/mol. The highest BCUT2D eigenvalue weighted by Crippen LogP contribution is 2.50. The van der Waals surface area contributed by atoms with E-state index in [-0.39, 0.29) is 24.3 Å². The van der Waals surface area contributed by atoms with Crippen LogP contribution in [-0.4, -0.2) is 23.0 Å². The Morgan fingerprint density at radius 1 is 1.27 bits per heavy atom. The van der Waals surface area contributed by atoms with Crippen LogP contribution in [-0.2, 0) is 4.79 Å². The molecule has 0 N–H and O–H groups in total. The van der Waals surface area contributed by atoms with E-state index in [1.54, 1.807) is 23.1 Å². The quantitative estimate of drug-likeness (QED) is 0.386. The second-order valence-corrected chi connectivity index (χ2v) is 9.59. The van der Waals surface area contributed by atoms with Gasteiger partial charge >= 0.3 is 6.18 Å². The lowest BCUT2D eigenvalue weighted by Gasteiger charge is -2.49. The van der Waals surface area contributed by atoms with Crippen molar-refractivity contribution in [3.05, 3.63) is 47.5 Å². The Hall–Kier alpha value is -1.49. The number of amides is 1. The zero-order valence-electron chi connectivity index (χ0n) is 17.7. The summed E-state index contributed by atoms with van der Waals surface area (Å²) in [4.78, 5) is 15.5. The highest BCUT2D eigenvalue weighted by molar-refractivity contribution is 6.30. The highest BCUT2D eigenvalue weighted by Gasteiger charge is 2.52. The minimum absolute atomic E-state index is 0.0231. The second kappa shape index (κ2) is 8.94. The van der Waals surface area contributed by atoms with E-state index in [4.69, 9.17) is 11.6 Å². The molecule has 1 heterocycles. The molecule has 2 nitrogen and oxygen atoms in total. The molecular formula is C24H31ClF3NO. The van der Waals surface area contributed by atoms with Crippen molar-refractivity contribution >= 4 is 17.5 Å². The standard InChI is InChI=1S/C24H31ClF3NO/c1-4-13-23(3)14-12-21(17-8-10-18(25)11-9-17)29(22(23)30)19(5-2)15-20(16-6-7-16)24(26,27)28/h4,8-11,16,19-21H,1,5-7,12-15H2,2-3H3. The number of benzene rings is 1.